The molecule has 4 nitrogen and oxygen atoms in total. The number of carbonyl (C=O) groups is 1. The Morgan fingerprint density at radius 1 is 1.05 bits per heavy atom. The second kappa shape index (κ2) is 9.75. The SMILES string of the molecule is C[C@]12C[C@H](c3ccc(CNc4cccnc4)cc3)C3=C4CCC(=O)C=C4CC[C@H]3[C@@H]1CC[C@@]2(O)C(F)(F)C(F)(F)F. The largest absolute Gasteiger partial charge is 0.456 e. The maximum Gasteiger partial charge on any atom is 0.456 e. The zero-order valence-electron chi connectivity index (χ0n) is 22.8. The van der Waals surface area contributed by atoms with Crippen LogP contribution in [0.15, 0.2) is 71.6 Å². The number of benzene rings is 1. The summed E-state index contributed by atoms with van der Waals surface area (Å²) in [5, 5.41) is 14.7. The molecular weight excluding hydrogens is 539 g/mol. The van der Waals surface area contributed by atoms with E-state index in [-0.39, 0.29) is 24.5 Å². The first-order valence-electron chi connectivity index (χ1n) is 14.2. The number of alkyl halides is 5. The van der Waals surface area contributed by atoms with Crippen LogP contribution in [0.3, 0.4) is 0 Å². The van der Waals surface area contributed by atoms with Crippen molar-refractivity contribution in [2.75, 3.05) is 5.32 Å². The van der Waals surface area contributed by atoms with Gasteiger partial charge in [-0.05, 0) is 90.8 Å². The first-order chi connectivity index (χ1) is 19.4. The van der Waals surface area contributed by atoms with E-state index in [1.165, 1.54) is 6.92 Å². The van der Waals surface area contributed by atoms with Crippen molar-refractivity contribution in [3.05, 3.63) is 82.7 Å². The number of aliphatic hydroxyl groups is 1. The van der Waals surface area contributed by atoms with Gasteiger partial charge in [-0.3, -0.25) is 9.78 Å². The van der Waals surface area contributed by atoms with Crippen LogP contribution >= 0.6 is 0 Å². The number of fused-ring (bicyclic) bond motifs is 4. The molecule has 4 aliphatic carbocycles. The van der Waals surface area contributed by atoms with Gasteiger partial charge in [0.2, 0.25) is 0 Å². The zero-order valence-corrected chi connectivity index (χ0v) is 22.8. The van der Waals surface area contributed by atoms with E-state index in [0.29, 0.717) is 32.2 Å². The van der Waals surface area contributed by atoms with Gasteiger partial charge in [-0.2, -0.15) is 22.0 Å². The van der Waals surface area contributed by atoms with Gasteiger partial charge in [0.15, 0.2) is 5.78 Å². The van der Waals surface area contributed by atoms with Crippen molar-refractivity contribution in [1.29, 1.82) is 0 Å². The first kappa shape index (κ1) is 28.1. The minimum absolute atomic E-state index is 0.0241. The number of halogens is 5. The highest BCUT2D eigenvalue weighted by Crippen LogP contribution is 2.70. The van der Waals surface area contributed by atoms with Gasteiger partial charge in [-0.25, -0.2) is 0 Å². The Hall–Kier alpha value is -3.07. The summed E-state index contributed by atoms with van der Waals surface area (Å²) in [7, 11) is 0. The van der Waals surface area contributed by atoms with Crippen LogP contribution in [0.25, 0.3) is 0 Å². The highest BCUT2D eigenvalue weighted by molar-refractivity contribution is 5.93. The number of anilines is 1. The molecule has 2 fully saturated rings. The summed E-state index contributed by atoms with van der Waals surface area (Å²) in [6, 6.07) is 11.4. The van der Waals surface area contributed by atoms with Crippen molar-refractivity contribution in [2.24, 2.45) is 17.3 Å². The normalized spacial score (nSPS) is 31.7. The summed E-state index contributed by atoms with van der Waals surface area (Å²) in [4.78, 5) is 16.3. The van der Waals surface area contributed by atoms with Crippen molar-refractivity contribution in [3.63, 3.8) is 0 Å². The Labute approximate surface area is 235 Å². The lowest BCUT2D eigenvalue weighted by molar-refractivity contribution is -0.362. The van der Waals surface area contributed by atoms with Gasteiger partial charge in [0.05, 0.1) is 5.69 Å². The Morgan fingerprint density at radius 2 is 1.80 bits per heavy atom. The highest BCUT2D eigenvalue weighted by Gasteiger charge is 2.79. The molecule has 1 heterocycles. The number of hydrogen-bond donors (Lipinski definition) is 2. The summed E-state index contributed by atoms with van der Waals surface area (Å²) < 4.78 is 71.5. The Balaban J connectivity index is 1.41. The quantitative estimate of drug-likeness (QED) is 0.364. The number of rotatable bonds is 5. The fourth-order valence-electron chi connectivity index (χ4n) is 8.25. The van der Waals surface area contributed by atoms with Crippen LogP contribution in [0, 0.1) is 17.3 Å². The van der Waals surface area contributed by atoms with Crippen molar-refractivity contribution in [2.45, 2.75) is 82.0 Å². The van der Waals surface area contributed by atoms with Gasteiger partial charge in [0, 0.05) is 36.7 Å². The van der Waals surface area contributed by atoms with Crippen LogP contribution in [0.4, 0.5) is 27.6 Å². The van der Waals surface area contributed by atoms with Gasteiger partial charge >= 0.3 is 12.1 Å². The molecule has 2 N–H and O–H groups in total. The Kier molecular flexibility index (Phi) is 6.67. The molecule has 0 amide bonds. The maximum atomic E-state index is 15.1. The summed E-state index contributed by atoms with van der Waals surface area (Å²) in [6.45, 7) is 1.97. The second-order valence-corrected chi connectivity index (χ2v) is 12.3. The van der Waals surface area contributed by atoms with Crippen molar-refractivity contribution >= 4 is 11.5 Å². The number of carbonyl (C=O) groups excluding carboxylic acids is 1. The molecule has 4 aliphatic rings. The van der Waals surface area contributed by atoms with E-state index >= 15 is 8.78 Å². The van der Waals surface area contributed by atoms with E-state index in [2.05, 4.69) is 10.3 Å². The van der Waals surface area contributed by atoms with E-state index in [0.717, 1.165) is 33.5 Å². The standard InChI is InChI=1S/C32H33F5N2O2/c1-29-16-26(20-6-4-19(5-7-20)17-39-22-3-2-14-38-18-22)28-24-11-9-23(40)15-21(24)8-10-25(28)27(29)12-13-30(29,41)31(33,34)32(35,36)37/h2-7,14-15,18,25-27,39,41H,8-13,16-17H2,1H3/t25-,26+,27-,29-,30-/m0/s1. The number of nitrogens with one attached hydrogen (secondary N) is 1. The molecule has 2 saturated carbocycles. The third kappa shape index (κ3) is 4.34. The van der Waals surface area contributed by atoms with Gasteiger partial charge < -0.3 is 10.4 Å². The maximum absolute atomic E-state index is 15.1. The Morgan fingerprint density at radius 3 is 2.49 bits per heavy atom. The molecule has 0 aliphatic heterocycles. The lowest BCUT2D eigenvalue weighted by Gasteiger charge is -2.56. The summed E-state index contributed by atoms with van der Waals surface area (Å²) in [5.74, 6) is -6.37. The summed E-state index contributed by atoms with van der Waals surface area (Å²) >= 11 is 0. The van der Waals surface area contributed by atoms with Crippen LogP contribution in [-0.4, -0.2) is 33.6 Å². The van der Waals surface area contributed by atoms with Gasteiger partial charge in [-0.1, -0.05) is 36.8 Å². The van der Waals surface area contributed by atoms with Crippen LogP contribution in [0.1, 0.15) is 68.9 Å². The Bertz CT molecular complexity index is 1400. The number of pyridine rings is 1. The molecule has 0 spiro atoms. The summed E-state index contributed by atoms with van der Waals surface area (Å²) in [6.07, 6.45) is 0.751. The fourth-order valence-corrected chi connectivity index (χ4v) is 8.25. The lowest BCUT2D eigenvalue weighted by Crippen LogP contribution is -2.65. The average molecular weight is 573 g/mol. The van der Waals surface area contributed by atoms with Crippen LogP contribution in [0.2, 0.25) is 0 Å². The minimum Gasteiger partial charge on any atom is -0.383 e. The van der Waals surface area contributed by atoms with Crippen LogP contribution < -0.4 is 5.32 Å². The molecule has 41 heavy (non-hydrogen) atoms. The summed E-state index contributed by atoms with van der Waals surface area (Å²) in [5.41, 5.74) is 0.891. The highest BCUT2D eigenvalue weighted by atomic mass is 19.4. The zero-order chi connectivity index (χ0) is 29.2. The van der Waals surface area contributed by atoms with Crippen LogP contribution in [0.5, 0.6) is 0 Å². The fraction of sp³-hybridized carbons (Fsp3) is 0.500. The molecule has 0 bridgehead atoms. The molecule has 9 heteroatoms. The van der Waals surface area contributed by atoms with E-state index in [1.807, 2.05) is 36.4 Å². The van der Waals surface area contributed by atoms with E-state index < -0.39 is 41.4 Å². The molecule has 218 valence electrons. The van der Waals surface area contributed by atoms with Gasteiger partial charge in [0.25, 0.3) is 0 Å². The third-order valence-corrected chi connectivity index (χ3v) is 10.3. The lowest BCUT2D eigenvalue weighted by atomic mass is 9.50. The number of hydrogen-bond acceptors (Lipinski definition) is 4. The van der Waals surface area contributed by atoms with E-state index in [4.69, 9.17) is 0 Å². The predicted octanol–water partition coefficient (Wildman–Crippen LogP) is 7.52. The van der Waals surface area contributed by atoms with Crippen molar-refractivity contribution in [1.82, 2.24) is 4.98 Å². The topological polar surface area (TPSA) is 62.2 Å². The van der Waals surface area contributed by atoms with Crippen molar-refractivity contribution < 1.29 is 31.9 Å². The molecule has 6 rings (SSSR count). The molecule has 0 unspecified atom stereocenters. The van der Waals surface area contributed by atoms with Crippen molar-refractivity contribution in [3.8, 4) is 0 Å². The molecule has 5 atom stereocenters. The number of nitrogens with zero attached hydrogens (tertiary/aromatic N) is 1. The average Bonchev–Trinajstić information content (AvgIpc) is 3.23. The molecular formula is C32H33F5N2O2. The first-order valence-corrected chi connectivity index (χ1v) is 14.2. The monoisotopic (exact) mass is 572 g/mol. The van der Waals surface area contributed by atoms with Crippen LogP contribution in [-0.2, 0) is 11.3 Å². The molecule has 2 aromatic rings. The molecule has 0 saturated heterocycles. The smallest absolute Gasteiger partial charge is 0.383 e. The predicted molar refractivity (Wildman–Crippen MR) is 144 cm³/mol. The van der Waals surface area contributed by atoms with E-state index in [9.17, 15) is 23.1 Å². The van der Waals surface area contributed by atoms with Gasteiger partial charge in [-0.15, -0.1) is 0 Å². The molecule has 1 aromatic heterocycles. The minimum atomic E-state index is -5.86. The third-order valence-electron chi connectivity index (χ3n) is 10.3. The van der Waals surface area contributed by atoms with Gasteiger partial charge in [0.1, 0.15) is 5.60 Å². The molecule has 1 aromatic carbocycles. The number of allylic oxidation sites excluding steroid dienone is 4. The number of ketones is 1. The molecule has 0 radical (unpaired) electrons. The van der Waals surface area contributed by atoms with E-state index in [1.54, 1.807) is 18.5 Å². The number of aromatic nitrogens is 1. The second-order valence-electron chi connectivity index (χ2n) is 12.3.